The third-order valence-corrected chi connectivity index (χ3v) is 3.22. The minimum atomic E-state index is -1.01. The Morgan fingerprint density at radius 1 is 1.57 bits per heavy atom. The van der Waals surface area contributed by atoms with Gasteiger partial charge in [-0.3, -0.25) is 9.69 Å². The van der Waals surface area contributed by atoms with Gasteiger partial charge in [-0.2, -0.15) is 0 Å². The van der Waals surface area contributed by atoms with Gasteiger partial charge in [0.2, 0.25) is 0 Å². The number of nitrogens with zero attached hydrogens (tertiary/aromatic N) is 1. The zero-order valence-electron chi connectivity index (χ0n) is 8.99. The lowest BCUT2D eigenvalue weighted by atomic mass is 10.0. The topological polar surface area (TPSA) is 66.6 Å². The number of nitrogens with two attached hydrogens (primary N) is 1. The Labute approximate surface area is 85.1 Å². The van der Waals surface area contributed by atoms with E-state index in [1.165, 1.54) is 0 Å². The first-order valence-corrected chi connectivity index (χ1v) is 5.29. The second kappa shape index (κ2) is 4.28. The van der Waals surface area contributed by atoms with Gasteiger partial charge in [0, 0.05) is 19.1 Å². The second-order valence-corrected chi connectivity index (χ2v) is 4.15. The van der Waals surface area contributed by atoms with Crippen LogP contribution >= 0.6 is 0 Å². The molecule has 0 spiro atoms. The summed E-state index contributed by atoms with van der Waals surface area (Å²) in [6.07, 6.45) is 2.69. The third kappa shape index (κ3) is 2.07. The Hall–Kier alpha value is -0.610. The Morgan fingerprint density at radius 2 is 2.14 bits per heavy atom. The van der Waals surface area contributed by atoms with Gasteiger partial charge in [0.1, 0.15) is 5.54 Å². The van der Waals surface area contributed by atoms with Crippen LogP contribution < -0.4 is 5.73 Å². The summed E-state index contributed by atoms with van der Waals surface area (Å²) >= 11 is 0. The number of carboxylic acids is 1. The molecule has 1 saturated heterocycles. The van der Waals surface area contributed by atoms with Gasteiger partial charge in [0.15, 0.2) is 0 Å². The van der Waals surface area contributed by atoms with Gasteiger partial charge in [0.05, 0.1) is 0 Å². The molecule has 1 aliphatic heterocycles. The number of hydrogen-bond donors (Lipinski definition) is 2. The molecule has 0 aromatic carbocycles. The van der Waals surface area contributed by atoms with E-state index < -0.39 is 11.5 Å². The summed E-state index contributed by atoms with van der Waals surface area (Å²) in [5.74, 6) is -0.869. The zero-order chi connectivity index (χ0) is 10.8. The highest BCUT2D eigenvalue weighted by atomic mass is 16.4. The van der Waals surface area contributed by atoms with Gasteiger partial charge in [-0.05, 0) is 19.3 Å². The highest BCUT2D eigenvalue weighted by Gasteiger charge is 2.42. The van der Waals surface area contributed by atoms with Crippen LogP contribution in [-0.2, 0) is 4.79 Å². The van der Waals surface area contributed by atoms with Gasteiger partial charge in [-0.25, -0.2) is 0 Å². The molecule has 0 aromatic rings. The summed E-state index contributed by atoms with van der Waals surface area (Å²) in [6.45, 7) is 5.57. The number of hydrogen-bond acceptors (Lipinski definition) is 3. The second-order valence-electron chi connectivity index (χ2n) is 4.15. The lowest BCUT2D eigenvalue weighted by Gasteiger charge is -2.26. The van der Waals surface area contributed by atoms with Crippen molar-refractivity contribution < 1.29 is 9.90 Å². The molecule has 1 atom stereocenters. The zero-order valence-corrected chi connectivity index (χ0v) is 8.99. The maximum atomic E-state index is 10.9. The molecular weight excluding hydrogens is 180 g/mol. The minimum Gasteiger partial charge on any atom is -0.480 e. The molecule has 0 aliphatic carbocycles. The summed E-state index contributed by atoms with van der Waals surface area (Å²) < 4.78 is 0. The van der Waals surface area contributed by atoms with Gasteiger partial charge in [-0.1, -0.05) is 13.8 Å². The van der Waals surface area contributed by atoms with Crippen LogP contribution in [0.2, 0.25) is 0 Å². The predicted octanol–water partition coefficient (Wildman–Crippen LogP) is 0.663. The Bertz CT molecular complexity index is 216. The Kier molecular flexibility index (Phi) is 3.50. The normalized spacial score (nSPS) is 28.6. The predicted molar refractivity (Wildman–Crippen MR) is 55.1 cm³/mol. The summed E-state index contributed by atoms with van der Waals surface area (Å²) in [6, 6.07) is 0.486. The molecule has 0 amide bonds. The van der Waals surface area contributed by atoms with E-state index in [1.54, 1.807) is 0 Å². The van der Waals surface area contributed by atoms with Crippen LogP contribution in [-0.4, -0.2) is 40.6 Å². The lowest BCUT2D eigenvalue weighted by Crippen LogP contribution is -2.51. The van der Waals surface area contributed by atoms with Crippen LogP contribution in [0.15, 0.2) is 0 Å². The van der Waals surface area contributed by atoms with Crippen molar-refractivity contribution in [3.8, 4) is 0 Å². The fourth-order valence-corrected chi connectivity index (χ4v) is 2.15. The van der Waals surface area contributed by atoms with E-state index in [2.05, 4.69) is 18.7 Å². The van der Waals surface area contributed by atoms with Crippen molar-refractivity contribution in [2.45, 2.75) is 44.7 Å². The Morgan fingerprint density at radius 3 is 2.50 bits per heavy atom. The first kappa shape index (κ1) is 11.5. The number of aliphatic carboxylic acids is 1. The largest absolute Gasteiger partial charge is 0.480 e. The summed E-state index contributed by atoms with van der Waals surface area (Å²) in [4.78, 5) is 13.1. The third-order valence-electron chi connectivity index (χ3n) is 3.22. The van der Waals surface area contributed by atoms with E-state index in [4.69, 9.17) is 10.8 Å². The van der Waals surface area contributed by atoms with Crippen LogP contribution in [0.4, 0.5) is 0 Å². The van der Waals surface area contributed by atoms with Crippen molar-refractivity contribution in [1.82, 2.24) is 4.90 Å². The molecule has 1 heterocycles. The monoisotopic (exact) mass is 200 g/mol. The standard InChI is InChI=1S/C10H20N2O2/c1-3-8(4-2)12-6-5-10(11,7-12)9(13)14/h8H,3-7,11H2,1-2H3,(H,13,14). The van der Waals surface area contributed by atoms with Crippen molar-refractivity contribution in [2.75, 3.05) is 13.1 Å². The molecule has 4 heteroatoms. The van der Waals surface area contributed by atoms with Crippen molar-refractivity contribution >= 4 is 5.97 Å². The number of rotatable bonds is 4. The summed E-state index contributed by atoms with van der Waals surface area (Å²) in [5.41, 5.74) is 4.79. The number of carboxylic acid groups (broad SMARTS) is 1. The lowest BCUT2D eigenvalue weighted by molar-refractivity contribution is -0.142. The van der Waals surface area contributed by atoms with Crippen LogP contribution in [0.3, 0.4) is 0 Å². The average molecular weight is 200 g/mol. The molecule has 14 heavy (non-hydrogen) atoms. The molecule has 1 rings (SSSR count). The first-order valence-electron chi connectivity index (χ1n) is 5.29. The van der Waals surface area contributed by atoms with Crippen molar-refractivity contribution in [3.63, 3.8) is 0 Å². The van der Waals surface area contributed by atoms with Crippen molar-refractivity contribution in [2.24, 2.45) is 5.73 Å². The molecule has 1 unspecified atom stereocenters. The Balaban J connectivity index is 2.60. The van der Waals surface area contributed by atoms with Gasteiger partial charge in [-0.15, -0.1) is 0 Å². The van der Waals surface area contributed by atoms with Crippen LogP contribution in [0.1, 0.15) is 33.1 Å². The molecule has 0 saturated carbocycles. The SMILES string of the molecule is CCC(CC)N1CCC(N)(C(=O)O)C1. The van der Waals surface area contributed by atoms with E-state index >= 15 is 0 Å². The minimum absolute atomic E-state index is 0.486. The molecule has 0 radical (unpaired) electrons. The average Bonchev–Trinajstić information content (AvgIpc) is 2.52. The van der Waals surface area contributed by atoms with E-state index in [0.29, 0.717) is 19.0 Å². The highest BCUT2D eigenvalue weighted by Crippen LogP contribution is 2.23. The van der Waals surface area contributed by atoms with Crippen LogP contribution in [0, 0.1) is 0 Å². The molecule has 0 bridgehead atoms. The molecule has 4 nitrogen and oxygen atoms in total. The molecule has 1 fully saturated rings. The summed E-state index contributed by atoms with van der Waals surface area (Å²) in [5, 5.41) is 8.97. The highest BCUT2D eigenvalue weighted by molar-refractivity contribution is 5.79. The summed E-state index contributed by atoms with van der Waals surface area (Å²) in [7, 11) is 0. The van der Waals surface area contributed by atoms with Gasteiger partial charge < -0.3 is 10.8 Å². The quantitative estimate of drug-likeness (QED) is 0.699. The van der Waals surface area contributed by atoms with Crippen molar-refractivity contribution in [3.05, 3.63) is 0 Å². The first-order chi connectivity index (χ1) is 6.53. The van der Waals surface area contributed by atoms with E-state index in [1.807, 2.05) is 0 Å². The fraction of sp³-hybridized carbons (Fsp3) is 0.900. The number of carbonyl (C=O) groups is 1. The molecule has 0 aromatic heterocycles. The molecule has 3 N–H and O–H groups in total. The van der Waals surface area contributed by atoms with Crippen LogP contribution in [0.25, 0.3) is 0 Å². The van der Waals surface area contributed by atoms with E-state index in [-0.39, 0.29) is 0 Å². The maximum Gasteiger partial charge on any atom is 0.325 e. The maximum absolute atomic E-state index is 10.9. The van der Waals surface area contributed by atoms with Crippen LogP contribution in [0.5, 0.6) is 0 Å². The molecule has 1 aliphatic rings. The molecule has 82 valence electrons. The van der Waals surface area contributed by atoms with E-state index in [0.717, 1.165) is 19.4 Å². The number of likely N-dealkylation sites (tertiary alicyclic amines) is 1. The molecular formula is C10H20N2O2. The van der Waals surface area contributed by atoms with E-state index in [9.17, 15) is 4.79 Å². The smallest absolute Gasteiger partial charge is 0.325 e. The van der Waals surface area contributed by atoms with Crippen molar-refractivity contribution in [1.29, 1.82) is 0 Å². The van der Waals surface area contributed by atoms with Gasteiger partial charge in [0.25, 0.3) is 0 Å². The fourth-order valence-electron chi connectivity index (χ4n) is 2.15. The van der Waals surface area contributed by atoms with Gasteiger partial charge >= 0.3 is 5.97 Å².